The second kappa shape index (κ2) is 5.90. The van der Waals surface area contributed by atoms with E-state index in [0.29, 0.717) is 12.1 Å². The Labute approximate surface area is 121 Å². The van der Waals surface area contributed by atoms with Crippen molar-refractivity contribution in [1.29, 1.82) is 0 Å². The maximum atomic E-state index is 12.4. The minimum Gasteiger partial charge on any atom is -0.393 e. The predicted octanol–water partition coefficient (Wildman–Crippen LogP) is 1.17. The van der Waals surface area contributed by atoms with E-state index in [-0.39, 0.29) is 18.2 Å². The SMILES string of the molecule is CN1C2CCC1CN(C(=O)NC1CCC(O)CC1)CC2. The Morgan fingerprint density at radius 1 is 1.05 bits per heavy atom. The molecule has 2 saturated heterocycles. The zero-order valence-electron chi connectivity index (χ0n) is 12.4. The number of aliphatic hydroxyl groups excluding tert-OH is 1. The number of fused-ring (bicyclic) bond motifs is 2. The van der Waals surface area contributed by atoms with E-state index in [1.165, 1.54) is 12.8 Å². The van der Waals surface area contributed by atoms with E-state index < -0.39 is 0 Å². The van der Waals surface area contributed by atoms with Gasteiger partial charge in [-0.1, -0.05) is 0 Å². The van der Waals surface area contributed by atoms with E-state index in [9.17, 15) is 9.90 Å². The average Bonchev–Trinajstić information content (AvgIpc) is 2.66. The Balaban J connectivity index is 1.52. The van der Waals surface area contributed by atoms with Crippen LogP contribution in [0.2, 0.25) is 0 Å². The van der Waals surface area contributed by atoms with Crippen molar-refractivity contribution in [2.75, 3.05) is 20.1 Å². The molecule has 5 nitrogen and oxygen atoms in total. The van der Waals surface area contributed by atoms with Gasteiger partial charge in [-0.2, -0.15) is 0 Å². The van der Waals surface area contributed by atoms with Crippen molar-refractivity contribution < 1.29 is 9.90 Å². The largest absolute Gasteiger partial charge is 0.393 e. The summed E-state index contributed by atoms with van der Waals surface area (Å²) in [6.45, 7) is 1.75. The number of hydrogen-bond acceptors (Lipinski definition) is 3. The van der Waals surface area contributed by atoms with Crippen LogP contribution in [0.25, 0.3) is 0 Å². The highest BCUT2D eigenvalue weighted by Crippen LogP contribution is 2.28. The van der Waals surface area contributed by atoms with Crippen LogP contribution >= 0.6 is 0 Å². The highest BCUT2D eigenvalue weighted by Gasteiger charge is 2.36. The highest BCUT2D eigenvalue weighted by molar-refractivity contribution is 5.74. The standard InChI is InChI=1S/C15H27N3O2/c1-17-12-4-5-13(17)10-18(9-8-12)15(20)16-11-2-6-14(19)7-3-11/h11-14,19H,2-10H2,1H3,(H,16,20). The van der Waals surface area contributed by atoms with E-state index in [2.05, 4.69) is 17.3 Å². The van der Waals surface area contributed by atoms with E-state index in [1.807, 2.05) is 4.90 Å². The lowest BCUT2D eigenvalue weighted by molar-refractivity contribution is 0.114. The molecule has 0 aromatic rings. The van der Waals surface area contributed by atoms with Gasteiger partial charge in [0.25, 0.3) is 0 Å². The second-order valence-corrected chi connectivity index (χ2v) is 6.74. The van der Waals surface area contributed by atoms with Gasteiger partial charge >= 0.3 is 6.03 Å². The topological polar surface area (TPSA) is 55.8 Å². The highest BCUT2D eigenvalue weighted by atomic mass is 16.3. The number of likely N-dealkylation sites (N-methyl/N-ethyl adjacent to an activating group) is 1. The first-order valence-electron chi connectivity index (χ1n) is 8.09. The number of amides is 2. The predicted molar refractivity (Wildman–Crippen MR) is 77.6 cm³/mol. The van der Waals surface area contributed by atoms with E-state index in [0.717, 1.165) is 45.2 Å². The van der Waals surface area contributed by atoms with Crippen LogP contribution in [0.5, 0.6) is 0 Å². The van der Waals surface area contributed by atoms with Crippen LogP contribution in [0.4, 0.5) is 4.79 Å². The Morgan fingerprint density at radius 2 is 1.75 bits per heavy atom. The fourth-order valence-corrected chi connectivity index (χ4v) is 3.98. The molecule has 3 fully saturated rings. The summed E-state index contributed by atoms with van der Waals surface area (Å²) in [7, 11) is 2.20. The van der Waals surface area contributed by atoms with Crippen molar-refractivity contribution in [2.45, 2.75) is 69.2 Å². The van der Waals surface area contributed by atoms with Crippen LogP contribution in [0.15, 0.2) is 0 Å². The molecule has 20 heavy (non-hydrogen) atoms. The molecule has 0 radical (unpaired) electrons. The molecule has 2 heterocycles. The first-order chi connectivity index (χ1) is 9.63. The minimum absolute atomic E-state index is 0.104. The summed E-state index contributed by atoms with van der Waals surface area (Å²) < 4.78 is 0. The number of likely N-dealkylation sites (tertiary alicyclic amines) is 1. The second-order valence-electron chi connectivity index (χ2n) is 6.74. The Hall–Kier alpha value is -0.810. The number of hydrogen-bond donors (Lipinski definition) is 2. The Bertz CT molecular complexity index is 355. The maximum Gasteiger partial charge on any atom is 0.317 e. The molecule has 5 heteroatoms. The third-order valence-electron chi connectivity index (χ3n) is 5.46. The molecule has 2 aliphatic heterocycles. The lowest BCUT2D eigenvalue weighted by Crippen LogP contribution is -2.49. The summed E-state index contributed by atoms with van der Waals surface area (Å²) in [5.41, 5.74) is 0. The number of rotatable bonds is 1. The summed E-state index contributed by atoms with van der Waals surface area (Å²) in [6.07, 6.45) is 6.91. The number of nitrogens with one attached hydrogen (secondary N) is 1. The fraction of sp³-hybridized carbons (Fsp3) is 0.933. The van der Waals surface area contributed by atoms with E-state index >= 15 is 0 Å². The fourth-order valence-electron chi connectivity index (χ4n) is 3.98. The number of nitrogens with zero attached hydrogens (tertiary/aromatic N) is 2. The van der Waals surface area contributed by atoms with Gasteiger partial charge in [-0.05, 0) is 52.0 Å². The lowest BCUT2D eigenvalue weighted by Gasteiger charge is -2.31. The molecule has 1 aliphatic carbocycles. The van der Waals surface area contributed by atoms with Gasteiger partial charge in [0.15, 0.2) is 0 Å². The van der Waals surface area contributed by atoms with E-state index in [1.54, 1.807) is 0 Å². The van der Waals surface area contributed by atoms with Crippen molar-refractivity contribution >= 4 is 6.03 Å². The number of urea groups is 1. The monoisotopic (exact) mass is 281 g/mol. The van der Waals surface area contributed by atoms with Gasteiger partial charge in [0.05, 0.1) is 6.10 Å². The zero-order chi connectivity index (χ0) is 14.1. The lowest BCUT2D eigenvalue weighted by atomic mass is 9.93. The summed E-state index contributed by atoms with van der Waals surface area (Å²) in [5, 5.41) is 12.7. The molecule has 3 rings (SSSR count). The van der Waals surface area contributed by atoms with Crippen molar-refractivity contribution in [3.05, 3.63) is 0 Å². The van der Waals surface area contributed by atoms with Gasteiger partial charge < -0.3 is 15.3 Å². The molecular formula is C15H27N3O2. The van der Waals surface area contributed by atoms with Crippen molar-refractivity contribution in [1.82, 2.24) is 15.1 Å². The molecule has 2 unspecified atom stereocenters. The first-order valence-corrected chi connectivity index (χ1v) is 8.09. The smallest absolute Gasteiger partial charge is 0.317 e. The molecule has 114 valence electrons. The van der Waals surface area contributed by atoms with Crippen LogP contribution < -0.4 is 5.32 Å². The molecule has 0 aromatic carbocycles. The van der Waals surface area contributed by atoms with Crippen LogP contribution in [0.3, 0.4) is 0 Å². The Kier molecular flexibility index (Phi) is 4.17. The summed E-state index contributed by atoms with van der Waals surface area (Å²) >= 11 is 0. The van der Waals surface area contributed by atoms with Crippen LogP contribution in [0, 0.1) is 0 Å². The summed E-state index contributed by atoms with van der Waals surface area (Å²) in [4.78, 5) is 16.9. The molecule has 2 bridgehead atoms. The molecule has 0 aromatic heterocycles. The molecular weight excluding hydrogens is 254 g/mol. The average molecular weight is 281 g/mol. The number of carbonyl (C=O) groups excluding carboxylic acids is 1. The van der Waals surface area contributed by atoms with Crippen LogP contribution in [0.1, 0.15) is 44.9 Å². The minimum atomic E-state index is -0.161. The summed E-state index contributed by atoms with van der Waals surface area (Å²) in [6, 6.07) is 1.57. The van der Waals surface area contributed by atoms with Crippen molar-refractivity contribution in [3.8, 4) is 0 Å². The quantitative estimate of drug-likeness (QED) is 0.758. The van der Waals surface area contributed by atoms with Crippen LogP contribution in [-0.2, 0) is 0 Å². The number of aliphatic hydroxyl groups is 1. The molecule has 2 atom stereocenters. The Morgan fingerprint density at radius 3 is 2.50 bits per heavy atom. The third kappa shape index (κ3) is 2.93. The van der Waals surface area contributed by atoms with Crippen molar-refractivity contribution in [2.24, 2.45) is 0 Å². The van der Waals surface area contributed by atoms with E-state index in [4.69, 9.17) is 0 Å². The van der Waals surface area contributed by atoms with Crippen LogP contribution in [-0.4, -0.2) is 65.3 Å². The van der Waals surface area contributed by atoms with Gasteiger partial charge in [0.2, 0.25) is 0 Å². The van der Waals surface area contributed by atoms with Crippen molar-refractivity contribution in [3.63, 3.8) is 0 Å². The third-order valence-corrected chi connectivity index (χ3v) is 5.46. The number of carbonyl (C=O) groups is 1. The molecule has 2 N–H and O–H groups in total. The molecule has 0 spiro atoms. The normalized spacial score (nSPS) is 38.6. The van der Waals surface area contributed by atoms with Gasteiger partial charge in [-0.15, -0.1) is 0 Å². The molecule has 1 saturated carbocycles. The van der Waals surface area contributed by atoms with Gasteiger partial charge in [-0.3, -0.25) is 4.90 Å². The molecule has 3 aliphatic rings. The maximum absolute atomic E-state index is 12.4. The molecule has 2 amide bonds. The van der Waals surface area contributed by atoms with Gasteiger partial charge in [0, 0.05) is 31.2 Å². The van der Waals surface area contributed by atoms with Gasteiger partial charge in [-0.25, -0.2) is 4.79 Å². The zero-order valence-corrected chi connectivity index (χ0v) is 12.4. The van der Waals surface area contributed by atoms with Gasteiger partial charge in [0.1, 0.15) is 0 Å². The first kappa shape index (κ1) is 14.1. The summed E-state index contributed by atoms with van der Waals surface area (Å²) in [5.74, 6) is 0.